The molecule has 0 aliphatic carbocycles. The topological polar surface area (TPSA) is 71.6 Å². The number of nitrogens with one attached hydrogen (secondary N) is 1. The van der Waals surface area contributed by atoms with Crippen LogP contribution in [0.2, 0.25) is 0 Å². The second kappa shape index (κ2) is 8.05. The standard InChI is InChI=1S/C21H22N2O4/c1-14-6-4-7-15-10-16(21(25)22-20(14)15)12-23(19(24)13-26-2)17-8-5-9-18(11-17)27-3/h4-11H,12-13H2,1-3H3,(H,22,25). The Labute approximate surface area is 157 Å². The summed E-state index contributed by atoms with van der Waals surface area (Å²) in [7, 11) is 3.03. The van der Waals surface area contributed by atoms with E-state index in [1.54, 1.807) is 31.4 Å². The van der Waals surface area contributed by atoms with Crippen LogP contribution < -0.4 is 15.2 Å². The molecule has 0 atom stereocenters. The maximum absolute atomic E-state index is 12.6. The van der Waals surface area contributed by atoms with E-state index in [2.05, 4.69) is 4.98 Å². The minimum Gasteiger partial charge on any atom is -0.497 e. The Bertz CT molecular complexity index is 1030. The van der Waals surface area contributed by atoms with Gasteiger partial charge in [-0.25, -0.2) is 0 Å². The summed E-state index contributed by atoms with van der Waals surface area (Å²) in [6.45, 7) is 2.00. The summed E-state index contributed by atoms with van der Waals surface area (Å²) in [5.74, 6) is 0.389. The average molecular weight is 366 g/mol. The lowest BCUT2D eigenvalue weighted by atomic mass is 10.1. The van der Waals surface area contributed by atoms with Crippen LogP contribution >= 0.6 is 0 Å². The number of hydrogen-bond acceptors (Lipinski definition) is 4. The van der Waals surface area contributed by atoms with Crippen LogP contribution in [0.3, 0.4) is 0 Å². The van der Waals surface area contributed by atoms with Crippen LogP contribution in [0.25, 0.3) is 10.9 Å². The average Bonchev–Trinajstić information content (AvgIpc) is 2.67. The largest absolute Gasteiger partial charge is 0.497 e. The molecule has 3 rings (SSSR count). The molecule has 1 aromatic heterocycles. The van der Waals surface area contributed by atoms with Gasteiger partial charge in [0.05, 0.1) is 19.2 Å². The number of anilines is 1. The predicted molar refractivity (Wildman–Crippen MR) is 105 cm³/mol. The number of methoxy groups -OCH3 is 2. The Morgan fingerprint density at radius 1 is 1.11 bits per heavy atom. The number of ether oxygens (including phenoxy) is 2. The quantitative estimate of drug-likeness (QED) is 0.728. The van der Waals surface area contributed by atoms with E-state index in [-0.39, 0.29) is 24.6 Å². The monoisotopic (exact) mass is 366 g/mol. The van der Waals surface area contributed by atoms with Crippen molar-refractivity contribution in [1.82, 2.24) is 4.98 Å². The van der Waals surface area contributed by atoms with Crippen LogP contribution in [0.4, 0.5) is 5.69 Å². The van der Waals surface area contributed by atoms with Gasteiger partial charge in [-0.05, 0) is 36.1 Å². The summed E-state index contributed by atoms with van der Waals surface area (Å²) in [6.07, 6.45) is 0. The van der Waals surface area contributed by atoms with Gasteiger partial charge in [0.15, 0.2) is 0 Å². The van der Waals surface area contributed by atoms with E-state index in [0.29, 0.717) is 17.0 Å². The zero-order valence-corrected chi connectivity index (χ0v) is 15.6. The number of para-hydroxylation sites is 1. The molecule has 0 unspecified atom stereocenters. The summed E-state index contributed by atoms with van der Waals surface area (Å²) in [6, 6.07) is 14.8. The molecule has 2 aromatic carbocycles. The maximum Gasteiger partial charge on any atom is 0.253 e. The first-order valence-electron chi connectivity index (χ1n) is 8.58. The van der Waals surface area contributed by atoms with E-state index in [1.165, 1.54) is 12.0 Å². The third-order valence-corrected chi connectivity index (χ3v) is 4.43. The van der Waals surface area contributed by atoms with Crippen molar-refractivity contribution >= 4 is 22.5 Å². The maximum atomic E-state index is 12.6. The van der Waals surface area contributed by atoms with Gasteiger partial charge >= 0.3 is 0 Å². The van der Waals surface area contributed by atoms with E-state index in [4.69, 9.17) is 9.47 Å². The summed E-state index contributed by atoms with van der Waals surface area (Å²) >= 11 is 0. The van der Waals surface area contributed by atoms with Crippen molar-refractivity contribution < 1.29 is 14.3 Å². The predicted octanol–water partition coefficient (Wildman–Crippen LogP) is 3.02. The number of rotatable bonds is 6. The summed E-state index contributed by atoms with van der Waals surface area (Å²) in [5, 5.41) is 0.925. The third-order valence-electron chi connectivity index (χ3n) is 4.43. The molecule has 0 saturated carbocycles. The van der Waals surface area contributed by atoms with E-state index in [1.807, 2.05) is 31.2 Å². The van der Waals surface area contributed by atoms with Gasteiger partial charge in [0.25, 0.3) is 11.5 Å². The van der Waals surface area contributed by atoms with Crippen LogP contribution in [0, 0.1) is 6.92 Å². The molecule has 0 fully saturated rings. The highest BCUT2D eigenvalue weighted by Crippen LogP contribution is 2.23. The first-order valence-corrected chi connectivity index (χ1v) is 8.58. The Morgan fingerprint density at radius 3 is 2.63 bits per heavy atom. The van der Waals surface area contributed by atoms with Crippen LogP contribution in [0.5, 0.6) is 5.75 Å². The molecule has 1 amide bonds. The third kappa shape index (κ3) is 4.01. The molecule has 0 spiro atoms. The molecule has 140 valence electrons. The molecule has 6 heteroatoms. The molecule has 27 heavy (non-hydrogen) atoms. The zero-order chi connectivity index (χ0) is 19.4. The molecule has 1 N–H and O–H groups in total. The van der Waals surface area contributed by atoms with Crippen molar-refractivity contribution in [2.24, 2.45) is 0 Å². The second-order valence-corrected chi connectivity index (χ2v) is 6.28. The van der Waals surface area contributed by atoms with Gasteiger partial charge in [-0.2, -0.15) is 0 Å². The minimum atomic E-state index is -0.241. The fourth-order valence-electron chi connectivity index (χ4n) is 3.02. The van der Waals surface area contributed by atoms with Crippen molar-refractivity contribution in [3.8, 4) is 5.75 Å². The number of nitrogens with zero attached hydrogens (tertiary/aromatic N) is 1. The highest BCUT2D eigenvalue weighted by molar-refractivity contribution is 5.94. The number of carbonyl (C=O) groups is 1. The van der Waals surface area contributed by atoms with Crippen molar-refractivity contribution in [1.29, 1.82) is 0 Å². The SMILES string of the molecule is COCC(=O)N(Cc1cc2cccc(C)c2[nH]c1=O)c1cccc(OC)c1. The lowest BCUT2D eigenvalue weighted by molar-refractivity contribution is -0.122. The number of aromatic amines is 1. The number of aryl methyl sites for hydroxylation is 1. The summed E-state index contributed by atoms with van der Waals surface area (Å²) in [4.78, 5) is 29.7. The highest BCUT2D eigenvalue weighted by atomic mass is 16.5. The van der Waals surface area contributed by atoms with Gasteiger partial charge in [-0.3, -0.25) is 9.59 Å². The Kier molecular flexibility index (Phi) is 5.57. The lowest BCUT2D eigenvalue weighted by Crippen LogP contribution is -2.35. The van der Waals surface area contributed by atoms with Crippen LogP contribution in [0.1, 0.15) is 11.1 Å². The molecule has 3 aromatic rings. The first-order chi connectivity index (χ1) is 13.0. The van der Waals surface area contributed by atoms with Crippen molar-refractivity contribution in [3.05, 3.63) is 70.0 Å². The van der Waals surface area contributed by atoms with Crippen molar-refractivity contribution in [2.75, 3.05) is 25.7 Å². The van der Waals surface area contributed by atoms with Gasteiger partial charge in [0.1, 0.15) is 12.4 Å². The summed E-state index contributed by atoms with van der Waals surface area (Å²) < 4.78 is 10.3. The van der Waals surface area contributed by atoms with Gasteiger partial charge < -0.3 is 19.4 Å². The van der Waals surface area contributed by atoms with Crippen molar-refractivity contribution in [3.63, 3.8) is 0 Å². The molecular formula is C21H22N2O4. The summed E-state index contributed by atoms with van der Waals surface area (Å²) in [5.41, 5.74) is 2.73. The number of H-pyrrole nitrogens is 1. The molecule has 0 radical (unpaired) electrons. The molecule has 0 aliphatic rings. The van der Waals surface area contributed by atoms with Crippen LogP contribution in [0.15, 0.2) is 53.3 Å². The van der Waals surface area contributed by atoms with E-state index < -0.39 is 0 Å². The van der Waals surface area contributed by atoms with E-state index >= 15 is 0 Å². The molecule has 0 saturated heterocycles. The van der Waals surface area contributed by atoms with Crippen molar-refractivity contribution in [2.45, 2.75) is 13.5 Å². The van der Waals surface area contributed by atoms with Gasteiger partial charge in [-0.15, -0.1) is 0 Å². The van der Waals surface area contributed by atoms with Crippen LogP contribution in [-0.4, -0.2) is 31.7 Å². The number of amides is 1. The zero-order valence-electron chi connectivity index (χ0n) is 15.6. The number of fused-ring (bicyclic) bond motifs is 1. The molecular weight excluding hydrogens is 344 g/mol. The second-order valence-electron chi connectivity index (χ2n) is 6.28. The van der Waals surface area contributed by atoms with Crippen LogP contribution in [-0.2, 0) is 16.1 Å². The highest BCUT2D eigenvalue weighted by Gasteiger charge is 2.18. The number of carbonyl (C=O) groups excluding carboxylic acids is 1. The molecule has 0 aliphatic heterocycles. The normalized spacial score (nSPS) is 10.8. The lowest BCUT2D eigenvalue weighted by Gasteiger charge is -2.23. The van der Waals surface area contributed by atoms with E-state index in [0.717, 1.165) is 16.5 Å². The Balaban J connectivity index is 2.03. The number of hydrogen-bond donors (Lipinski definition) is 1. The first kappa shape index (κ1) is 18.7. The smallest absolute Gasteiger partial charge is 0.253 e. The van der Waals surface area contributed by atoms with E-state index in [9.17, 15) is 9.59 Å². The fraction of sp³-hybridized carbons (Fsp3) is 0.238. The van der Waals surface area contributed by atoms with Gasteiger partial charge in [0.2, 0.25) is 0 Å². The fourth-order valence-corrected chi connectivity index (χ4v) is 3.02. The van der Waals surface area contributed by atoms with Gasteiger partial charge in [0, 0.05) is 24.4 Å². The number of benzene rings is 2. The number of aromatic nitrogens is 1. The molecule has 0 bridgehead atoms. The minimum absolute atomic E-state index is 0.0815. The Hall–Kier alpha value is -3.12. The molecule has 1 heterocycles. The molecule has 6 nitrogen and oxygen atoms in total. The Morgan fingerprint density at radius 2 is 1.89 bits per heavy atom. The van der Waals surface area contributed by atoms with Gasteiger partial charge in [-0.1, -0.05) is 24.3 Å². The number of pyridine rings is 1.